The zero-order valence-electron chi connectivity index (χ0n) is 17.1. The normalized spacial score (nSPS) is 11.0. The lowest BCUT2D eigenvalue weighted by molar-refractivity contribution is 0.414. The average Bonchev–Trinajstić information content (AvgIpc) is 3.30. The molecule has 0 aliphatic heterocycles. The molecule has 5 aromatic rings. The molecule has 6 nitrogen and oxygen atoms in total. The lowest BCUT2D eigenvalue weighted by Crippen LogP contribution is -2.22. The number of fused-ring (bicyclic) bond motifs is 1. The molecule has 152 valence electrons. The smallest absolute Gasteiger partial charge is 0.265 e. The highest BCUT2D eigenvalue weighted by Gasteiger charge is 2.12. The van der Waals surface area contributed by atoms with E-state index in [9.17, 15) is 4.79 Å². The Morgan fingerprint density at radius 3 is 2.35 bits per heavy atom. The molecule has 0 amide bonds. The predicted octanol–water partition coefficient (Wildman–Crippen LogP) is 5.02. The largest absolute Gasteiger partial charge is 0.497 e. The van der Waals surface area contributed by atoms with Crippen LogP contribution >= 0.6 is 0 Å². The van der Waals surface area contributed by atoms with Gasteiger partial charge in [0.2, 0.25) is 0 Å². The first-order chi connectivity index (χ1) is 15.1. The molecule has 0 saturated carbocycles. The van der Waals surface area contributed by atoms with Crippen LogP contribution in [-0.2, 0) is 0 Å². The van der Waals surface area contributed by atoms with Crippen LogP contribution in [0.4, 0.5) is 0 Å². The van der Waals surface area contributed by atoms with Crippen molar-refractivity contribution in [2.75, 3.05) is 7.11 Å². The predicted molar refractivity (Wildman–Crippen MR) is 120 cm³/mol. The van der Waals surface area contributed by atoms with Gasteiger partial charge in [0.1, 0.15) is 17.3 Å². The number of rotatable bonds is 4. The maximum Gasteiger partial charge on any atom is 0.265 e. The summed E-state index contributed by atoms with van der Waals surface area (Å²) in [5.41, 5.74) is 3.90. The summed E-state index contributed by atoms with van der Waals surface area (Å²) >= 11 is 0. The molecule has 0 atom stereocenters. The second-order valence-corrected chi connectivity index (χ2v) is 7.17. The molecule has 0 fully saturated rings. The Morgan fingerprint density at radius 2 is 1.61 bits per heavy atom. The minimum atomic E-state index is -0.0842. The Morgan fingerprint density at radius 1 is 0.903 bits per heavy atom. The van der Waals surface area contributed by atoms with Gasteiger partial charge in [-0.2, -0.15) is 0 Å². The van der Waals surface area contributed by atoms with Gasteiger partial charge in [-0.15, -0.1) is 0 Å². The summed E-state index contributed by atoms with van der Waals surface area (Å²) in [6, 6.07) is 24.5. The topological polar surface area (TPSA) is 70.2 Å². The van der Waals surface area contributed by atoms with Gasteiger partial charge in [0.15, 0.2) is 5.76 Å². The highest BCUT2D eigenvalue weighted by molar-refractivity contribution is 5.78. The number of aromatic nitrogens is 3. The van der Waals surface area contributed by atoms with Crippen molar-refractivity contribution in [3.05, 3.63) is 95.0 Å². The fraction of sp³-hybridized carbons (Fsp3) is 0.0800. The van der Waals surface area contributed by atoms with Crippen molar-refractivity contribution >= 4 is 10.9 Å². The van der Waals surface area contributed by atoms with Crippen molar-refractivity contribution in [2.24, 2.45) is 0 Å². The summed E-state index contributed by atoms with van der Waals surface area (Å²) < 4.78 is 12.3. The fourth-order valence-corrected chi connectivity index (χ4v) is 3.63. The van der Waals surface area contributed by atoms with E-state index in [0.29, 0.717) is 22.5 Å². The van der Waals surface area contributed by atoms with Crippen LogP contribution in [0.25, 0.3) is 39.2 Å². The van der Waals surface area contributed by atoms with E-state index in [4.69, 9.17) is 9.26 Å². The molecular formula is C25H19N3O3. The molecule has 0 spiro atoms. The van der Waals surface area contributed by atoms with Crippen molar-refractivity contribution < 1.29 is 9.26 Å². The van der Waals surface area contributed by atoms with Crippen LogP contribution in [0.15, 0.2) is 88.2 Å². The van der Waals surface area contributed by atoms with E-state index >= 15 is 0 Å². The van der Waals surface area contributed by atoms with Gasteiger partial charge in [-0.3, -0.25) is 9.36 Å². The Hall–Kier alpha value is -4.19. The van der Waals surface area contributed by atoms with Crippen LogP contribution in [0.3, 0.4) is 0 Å². The van der Waals surface area contributed by atoms with Gasteiger partial charge in [-0.1, -0.05) is 29.4 Å². The van der Waals surface area contributed by atoms with E-state index in [1.54, 1.807) is 17.7 Å². The summed E-state index contributed by atoms with van der Waals surface area (Å²) in [7, 11) is 1.63. The van der Waals surface area contributed by atoms with Crippen molar-refractivity contribution in [2.45, 2.75) is 6.92 Å². The third kappa shape index (κ3) is 3.38. The molecule has 2 aromatic heterocycles. The van der Waals surface area contributed by atoms with Crippen LogP contribution in [-0.4, -0.2) is 21.8 Å². The number of hydrogen-bond donors (Lipinski definition) is 0. The molecule has 0 saturated heterocycles. The molecule has 3 aromatic carbocycles. The molecular weight excluding hydrogens is 390 g/mol. The molecule has 31 heavy (non-hydrogen) atoms. The highest BCUT2D eigenvalue weighted by Crippen LogP contribution is 2.28. The number of hydrogen-bond acceptors (Lipinski definition) is 5. The van der Waals surface area contributed by atoms with Crippen molar-refractivity contribution in [3.8, 4) is 34.0 Å². The summed E-state index contributed by atoms with van der Waals surface area (Å²) in [5, 5.41) is 4.79. The van der Waals surface area contributed by atoms with Crippen LogP contribution in [0, 0.1) is 6.92 Å². The van der Waals surface area contributed by atoms with E-state index in [1.165, 1.54) is 0 Å². The van der Waals surface area contributed by atoms with Gasteiger partial charge in [0, 0.05) is 17.2 Å². The summed E-state index contributed by atoms with van der Waals surface area (Å²) in [4.78, 5) is 17.6. The van der Waals surface area contributed by atoms with Gasteiger partial charge in [0.05, 0.1) is 23.7 Å². The first kappa shape index (κ1) is 18.8. The molecule has 0 N–H and O–H groups in total. The Labute approximate surface area is 178 Å². The zero-order valence-corrected chi connectivity index (χ0v) is 17.1. The van der Waals surface area contributed by atoms with Crippen LogP contribution in [0.2, 0.25) is 0 Å². The third-order valence-corrected chi connectivity index (χ3v) is 5.25. The van der Waals surface area contributed by atoms with Crippen molar-refractivity contribution in [3.63, 3.8) is 0 Å². The van der Waals surface area contributed by atoms with Crippen molar-refractivity contribution in [1.29, 1.82) is 0 Å². The van der Waals surface area contributed by atoms with Crippen LogP contribution in [0.1, 0.15) is 5.82 Å². The van der Waals surface area contributed by atoms with E-state index in [1.807, 2.05) is 79.7 Å². The molecule has 0 aliphatic carbocycles. The summed E-state index contributed by atoms with van der Waals surface area (Å²) in [5.74, 6) is 2.10. The molecule has 0 unspecified atom stereocenters. The monoisotopic (exact) mass is 409 g/mol. The quantitative estimate of drug-likeness (QED) is 0.417. The van der Waals surface area contributed by atoms with E-state index in [-0.39, 0.29) is 5.56 Å². The Balaban J connectivity index is 1.48. The van der Waals surface area contributed by atoms with Gasteiger partial charge < -0.3 is 9.26 Å². The first-order valence-electron chi connectivity index (χ1n) is 9.84. The molecule has 5 rings (SSSR count). The van der Waals surface area contributed by atoms with Gasteiger partial charge in [0.25, 0.3) is 5.56 Å². The first-order valence-corrected chi connectivity index (χ1v) is 9.84. The maximum atomic E-state index is 13.0. The highest BCUT2D eigenvalue weighted by atomic mass is 16.5. The molecule has 0 radical (unpaired) electrons. The fourth-order valence-electron chi connectivity index (χ4n) is 3.63. The number of methoxy groups -OCH3 is 1. The van der Waals surface area contributed by atoms with Crippen molar-refractivity contribution in [1.82, 2.24) is 14.7 Å². The summed E-state index contributed by atoms with van der Waals surface area (Å²) in [6.45, 7) is 1.83. The molecule has 0 aliphatic rings. The molecule has 6 heteroatoms. The Kier molecular flexibility index (Phi) is 4.59. The third-order valence-electron chi connectivity index (χ3n) is 5.25. The Bertz CT molecular complexity index is 1430. The zero-order chi connectivity index (χ0) is 21.4. The minimum absolute atomic E-state index is 0.0842. The van der Waals surface area contributed by atoms with Gasteiger partial charge >= 0.3 is 0 Å². The maximum absolute atomic E-state index is 13.0. The second-order valence-electron chi connectivity index (χ2n) is 7.17. The number of ether oxygens (including phenoxy) is 1. The number of aryl methyl sites for hydroxylation is 1. The molecule has 2 heterocycles. The average molecular weight is 409 g/mol. The van der Waals surface area contributed by atoms with E-state index < -0.39 is 0 Å². The minimum Gasteiger partial charge on any atom is -0.497 e. The second kappa shape index (κ2) is 7.57. The summed E-state index contributed by atoms with van der Waals surface area (Å²) in [6.07, 6.45) is 0. The van der Waals surface area contributed by atoms with Crippen LogP contribution in [0.5, 0.6) is 5.75 Å². The van der Waals surface area contributed by atoms with Gasteiger partial charge in [-0.25, -0.2) is 4.98 Å². The lowest BCUT2D eigenvalue weighted by Gasteiger charge is -2.11. The van der Waals surface area contributed by atoms with E-state index in [2.05, 4.69) is 10.1 Å². The van der Waals surface area contributed by atoms with Crippen LogP contribution < -0.4 is 10.3 Å². The molecule has 0 bridgehead atoms. The number of para-hydroxylation sites is 1. The standard InChI is InChI=1S/C25H19N3O3/c1-16-26-22-6-4-3-5-21(22)25(29)28(16)19-11-7-17(8-12-19)23-15-24(31-27-23)18-9-13-20(30-2)14-10-18/h3-15H,1-2H3. The SMILES string of the molecule is COc1ccc(-c2cc(-c3ccc(-n4c(C)nc5ccccc5c4=O)cc3)no2)cc1. The number of nitrogens with zero attached hydrogens (tertiary/aromatic N) is 3. The van der Waals surface area contributed by atoms with E-state index in [0.717, 1.165) is 28.3 Å². The number of benzene rings is 3. The lowest BCUT2D eigenvalue weighted by atomic mass is 10.1. The van der Waals surface area contributed by atoms with Gasteiger partial charge in [-0.05, 0) is 55.5 Å².